The molecule has 0 spiro atoms. The summed E-state index contributed by atoms with van der Waals surface area (Å²) in [5.41, 5.74) is -0.0566. The van der Waals surface area contributed by atoms with Gasteiger partial charge in [0.1, 0.15) is 11.6 Å². The molecule has 1 fully saturated rings. The van der Waals surface area contributed by atoms with Crippen molar-refractivity contribution in [3.63, 3.8) is 0 Å². The molecule has 0 aromatic heterocycles. The fraction of sp³-hybridized carbons (Fsp3) is 0.300. The highest BCUT2D eigenvalue weighted by Gasteiger charge is 2.22. The Balaban J connectivity index is 2.24. The van der Waals surface area contributed by atoms with E-state index in [4.69, 9.17) is 0 Å². The van der Waals surface area contributed by atoms with Crippen LogP contribution in [0.3, 0.4) is 0 Å². The Morgan fingerprint density at radius 1 is 1.40 bits per heavy atom. The average Bonchev–Trinajstić information content (AvgIpc) is 2.69. The summed E-state index contributed by atoms with van der Waals surface area (Å²) in [5.74, 6) is -0.376. The van der Waals surface area contributed by atoms with E-state index in [0.29, 0.717) is 12.4 Å². The summed E-state index contributed by atoms with van der Waals surface area (Å²) in [6, 6.07) is 3.02. The van der Waals surface area contributed by atoms with Gasteiger partial charge in [-0.3, -0.25) is 4.79 Å². The smallest absolute Gasteiger partial charge is 0.257 e. The second kappa shape index (κ2) is 4.18. The van der Waals surface area contributed by atoms with E-state index in [0.717, 1.165) is 17.9 Å². The Labute approximate surface area is 90.3 Å². The fourth-order valence-corrected chi connectivity index (χ4v) is 2.35. The molecular formula is C10H9F2NOS. The van der Waals surface area contributed by atoms with E-state index in [9.17, 15) is 13.6 Å². The lowest BCUT2D eigenvalue weighted by Gasteiger charge is -2.14. The zero-order chi connectivity index (χ0) is 10.8. The first-order valence-electron chi connectivity index (χ1n) is 4.50. The van der Waals surface area contributed by atoms with Gasteiger partial charge in [-0.15, -0.1) is 11.8 Å². The lowest BCUT2D eigenvalue weighted by atomic mass is 10.2. The molecule has 0 atom stereocenters. The first kappa shape index (κ1) is 10.4. The van der Waals surface area contributed by atoms with Crippen LogP contribution in [0.5, 0.6) is 0 Å². The highest BCUT2D eigenvalue weighted by Crippen LogP contribution is 2.18. The van der Waals surface area contributed by atoms with Gasteiger partial charge in [0, 0.05) is 18.4 Å². The van der Waals surface area contributed by atoms with Crippen LogP contribution in [0, 0.1) is 11.6 Å². The van der Waals surface area contributed by atoms with E-state index in [-0.39, 0.29) is 11.5 Å². The Morgan fingerprint density at radius 2 is 2.20 bits per heavy atom. The highest BCUT2D eigenvalue weighted by atomic mass is 32.2. The quantitative estimate of drug-likeness (QED) is 0.735. The molecule has 5 heteroatoms. The number of thioether (sulfide) groups is 1. The minimum absolute atomic E-state index is 0.0566. The van der Waals surface area contributed by atoms with Crippen LogP contribution in [0.4, 0.5) is 8.78 Å². The molecule has 80 valence electrons. The zero-order valence-corrected chi connectivity index (χ0v) is 8.69. The van der Waals surface area contributed by atoms with Crippen LogP contribution in [0.1, 0.15) is 10.4 Å². The zero-order valence-electron chi connectivity index (χ0n) is 7.87. The Hall–Kier alpha value is -1.10. The summed E-state index contributed by atoms with van der Waals surface area (Å²) in [7, 11) is 0. The van der Waals surface area contributed by atoms with E-state index < -0.39 is 11.6 Å². The third kappa shape index (κ3) is 2.12. The molecule has 2 nitrogen and oxygen atoms in total. The molecule has 0 bridgehead atoms. The van der Waals surface area contributed by atoms with Crippen molar-refractivity contribution in [1.29, 1.82) is 0 Å². The van der Waals surface area contributed by atoms with Crippen LogP contribution >= 0.6 is 11.8 Å². The summed E-state index contributed by atoms with van der Waals surface area (Å²) in [6.45, 7) is 0.625. The molecule has 1 aromatic rings. The molecule has 1 aromatic carbocycles. The van der Waals surface area contributed by atoms with E-state index in [1.165, 1.54) is 6.07 Å². The number of halogens is 2. The van der Waals surface area contributed by atoms with Crippen molar-refractivity contribution in [2.24, 2.45) is 0 Å². The monoisotopic (exact) mass is 229 g/mol. The van der Waals surface area contributed by atoms with Gasteiger partial charge < -0.3 is 4.90 Å². The van der Waals surface area contributed by atoms with Gasteiger partial charge in [0.2, 0.25) is 0 Å². The number of nitrogens with zero attached hydrogens (tertiary/aromatic N) is 1. The van der Waals surface area contributed by atoms with Crippen LogP contribution in [-0.2, 0) is 0 Å². The largest absolute Gasteiger partial charge is 0.328 e. The molecule has 0 N–H and O–H groups in total. The molecule has 0 aliphatic carbocycles. The van der Waals surface area contributed by atoms with Crippen molar-refractivity contribution in [3.05, 3.63) is 35.4 Å². The minimum atomic E-state index is -0.795. The average molecular weight is 229 g/mol. The topological polar surface area (TPSA) is 20.3 Å². The summed E-state index contributed by atoms with van der Waals surface area (Å²) in [5, 5.41) is 0. The highest BCUT2D eigenvalue weighted by molar-refractivity contribution is 7.99. The number of carbonyl (C=O) groups is 1. The Morgan fingerprint density at radius 3 is 2.80 bits per heavy atom. The standard InChI is InChI=1S/C10H9F2NOS/c11-7-1-2-8(9(12)5-7)10(14)13-3-4-15-6-13/h1-2,5H,3-4,6H2. The number of carbonyl (C=O) groups excluding carboxylic acids is 1. The van der Waals surface area contributed by atoms with Gasteiger partial charge in [-0.25, -0.2) is 8.78 Å². The first-order chi connectivity index (χ1) is 7.18. The summed E-state index contributed by atoms with van der Waals surface area (Å²) < 4.78 is 25.9. The summed E-state index contributed by atoms with van der Waals surface area (Å²) in [4.78, 5) is 13.3. The Bertz CT molecular complexity index is 391. The van der Waals surface area contributed by atoms with Crippen molar-refractivity contribution >= 4 is 17.7 Å². The van der Waals surface area contributed by atoms with Crippen LogP contribution in [0.15, 0.2) is 18.2 Å². The second-order valence-corrected chi connectivity index (χ2v) is 4.30. The maximum absolute atomic E-state index is 13.3. The summed E-state index contributed by atoms with van der Waals surface area (Å²) >= 11 is 1.62. The molecule has 15 heavy (non-hydrogen) atoms. The predicted octanol–water partition coefficient (Wildman–Crippen LogP) is 2.11. The number of hydrogen-bond donors (Lipinski definition) is 0. The van der Waals surface area contributed by atoms with Gasteiger partial charge in [-0.1, -0.05) is 0 Å². The van der Waals surface area contributed by atoms with E-state index >= 15 is 0 Å². The second-order valence-electron chi connectivity index (χ2n) is 3.23. The van der Waals surface area contributed by atoms with Gasteiger partial charge in [0.15, 0.2) is 0 Å². The molecule has 1 saturated heterocycles. The normalized spacial score (nSPS) is 15.7. The van der Waals surface area contributed by atoms with Gasteiger partial charge in [-0.05, 0) is 12.1 Å². The SMILES string of the molecule is O=C(c1ccc(F)cc1F)N1CCSC1. The lowest BCUT2D eigenvalue weighted by molar-refractivity contribution is 0.0798. The maximum atomic E-state index is 13.3. The predicted molar refractivity (Wildman–Crippen MR) is 54.7 cm³/mol. The fourth-order valence-electron chi connectivity index (χ4n) is 1.41. The van der Waals surface area contributed by atoms with Crippen molar-refractivity contribution in [2.45, 2.75) is 0 Å². The molecule has 0 unspecified atom stereocenters. The van der Waals surface area contributed by atoms with Crippen molar-refractivity contribution < 1.29 is 13.6 Å². The van der Waals surface area contributed by atoms with Crippen molar-refractivity contribution in [2.75, 3.05) is 18.2 Å². The van der Waals surface area contributed by atoms with E-state index in [1.54, 1.807) is 16.7 Å². The minimum Gasteiger partial charge on any atom is -0.328 e. The molecular weight excluding hydrogens is 220 g/mol. The van der Waals surface area contributed by atoms with Gasteiger partial charge >= 0.3 is 0 Å². The number of hydrogen-bond acceptors (Lipinski definition) is 2. The molecule has 1 amide bonds. The van der Waals surface area contributed by atoms with Gasteiger partial charge in [0.25, 0.3) is 5.91 Å². The third-order valence-corrected chi connectivity index (χ3v) is 3.17. The lowest BCUT2D eigenvalue weighted by Crippen LogP contribution is -2.28. The van der Waals surface area contributed by atoms with Crippen LogP contribution in [0.2, 0.25) is 0 Å². The molecule has 0 saturated carbocycles. The number of benzene rings is 1. The maximum Gasteiger partial charge on any atom is 0.257 e. The first-order valence-corrected chi connectivity index (χ1v) is 5.66. The molecule has 1 heterocycles. The van der Waals surface area contributed by atoms with Crippen molar-refractivity contribution in [1.82, 2.24) is 4.90 Å². The van der Waals surface area contributed by atoms with Crippen LogP contribution in [0.25, 0.3) is 0 Å². The molecule has 1 aliphatic rings. The van der Waals surface area contributed by atoms with Crippen LogP contribution in [-0.4, -0.2) is 29.0 Å². The molecule has 2 rings (SSSR count). The molecule has 0 radical (unpaired) electrons. The van der Waals surface area contributed by atoms with Gasteiger partial charge in [-0.2, -0.15) is 0 Å². The van der Waals surface area contributed by atoms with Crippen molar-refractivity contribution in [3.8, 4) is 0 Å². The number of rotatable bonds is 1. The Kier molecular flexibility index (Phi) is 2.90. The third-order valence-electron chi connectivity index (χ3n) is 2.20. The number of amides is 1. The van der Waals surface area contributed by atoms with E-state index in [1.807, 2.05) is 0 Å². The summed E-state index contributed by atoms with van der Waals surface area (Å²) in [6.07, 6.45) is 0. The van der Waals surface area contributed by atoms with E-state index in [2.05, 4.69) is 0 Å². The van der Waals surface area contributed by atoms with Gasteiger partial charge in [0.05, 0.1) is 11.4 Å². The van der Waals surface area contributed by atoms with Crippen LogP contribution < -0.4 is 0 Å². The molecule has 1 aliphatic heterocycles.